The van der Waals surface area contributed by atoms with Gasteiger partial charge in [0, 0.05) is 13.6 Å². The molecule has 0 atom stereocenters. The molecule has 1 heterocycles. The van der Waals surface area contributed by atoms with Gasteiger partial charge in [-0.05, 0) is 24.1 Å². The topological polar surface area (TPSA) is 55.2 Å². The summed E-state index contributed by atoms with van der Waals surface area (Å²) in [5.74, 6) is -0.130. The zero-order chi connectivity index (χ0) is 17.1. The van der Waals surface area contributed by atoms with E-state index in [1.54, 1.807) is 18.0 Å². The van der Waals surface area contributed by atoms with Crippen molar-refractivity contribution in [2.75, 3.05) is 7.05 Å². The Kier molecular flexibility index (Phi) is 4.42. The summed E-state index contributed by atoms with van der Waals surface area (Å²) in [4.78, 5) is 30.9. The van der Waals surface area contributed by atoms with Crippen LogP contribution in [0.25, 0.3) is 10.9 Å². The maximum atomic E-state index is 12.5. The normalized spacial score (nSPS) is 10.8. The lowest BCUT2D eigenvalue weighted by Gasteiger charge is -2.18. The number of carbonyl (C=O) groups is 1. The second-order valence-corrected chi connectivity index (χ2v) is 5.88. The average molecular weight is 321 g/mol. The fraction of sp³-hybridized carbons (Fsp3) is 0.211. The first-order valence-corrected chi connectivity index (χ1v) is 7.79. The SMILES string of the molecule is Cc1cccc2c(=O)n(CC(=O)N(C)Cc3ccccc3)cnc12. The molecule has 0 radical (unpaired) electrons. The highest BCUT2D eigenvalue weighted by atomic mass is 16.2. The lowest BCUT2D eigenvalue weighted by Crippen LogP contribution is -2.33. The van der Waals surface area contributed by atoms with Crippen molar-refractivity contribution in [1.82, 2.24) is 14.5 Å². The van der Waals surface area contributed by atoms with Gasteiger partial charge in [-0.3, -0.25) is 14.2 Å². The number of fused-ring (bicyclic) bond motifs is 1. The predicted molar refractivity (Wildman–Crippen MR) is 93.7 cm³/mol. The molecule has 0 saturated carbocycles. The molecule has 5 heteroatoms. The number of rotatable bonds is 4. The van der Waals surface area contributed by atoms with E-state index in [1.807, 2.05) is 49.4 Å². The summed E-state index contributed by atoms with van der Waals surface area (Å²) >= 11 is 0. The van der Waals surface area contributed by atoms with E-state index in [0.717, 1.165) is 11.1 Å². The van der Waals surface area contributed by atoms with E-state index < -0.39 is 0 Å². The first-order chi connectivity index (χ1) is 11.6. The van der Waals surface area contributed by atoms with Crippen molar-refractivity contribution in [3.63, 3.8) is 0 Å². The first-order valence-electron chi connectivity index (χ1n) is 7.79. The van der Waals surface area contributed by atoms with Gasteiger partial charge in [0.1, 0.15) is 6.54 Å². The van der Waals surface area contributed by atoms with Gasteiger partial charge in [-0.25, -0.2) is 4.98 Å². The molecule has 1 amide bonds. The van der Waals surface area contributed by atoms with Gasteiger partial charge in [0.25, 0.3) is 5.56 Å². The Balaban J connectivity index is 1.80. The van der Waals surface area contributed by atoms with E-state index in [1.165, 1.54) is 10.9 Å². The number of nitrogens with zero attached hydrogens (tertiary/aromatic N) is 3. The summed E-state index contributed by atoms with van der Waals surface area (Å²) in [6.45, 7) is 2.41. The predicted octanol–water partition coefficient (Wildman–Crippen LogP) is 2.36. The molecular weight excluding hydrogens is 302 g/mol. The Bertz CT molecular complexity index is 932. The molecule has 1 aromatic heterocycles. The third-order valence-corrected chi connectivity index (χ3v) is 4.05. The Hall–Kier alpha value is -2.95. The van der Waals surface area contributed by atoms with Crippen LogP contribution in [0.4, 0.5) is 0 Å². The molecule has 5 nitrogen and oxygen atoms in total. The zero-order valence-electron chi connectivity index (χ0n) is 13.8. The summed E-state index contributed by atoms with van der Waals surface area (Å²) in [5, 5.41) is 0.538. The fourth-order valence-electron chi connectivity index (χ4n) is 2.66. The van der Waals surface area contributed by atoms with Crippen molar-refractivity contribution in [2.45, 2.75) is 20.0 Å². The quantitative estimate of drug-likeness (QED) is 0.741. The molecule has 3 rings (SSSR count). The summed E-state index contributed by atoms with van der Waals surface area (Å²) in [7, 11) is 1.74. The van der Waals surface area contributed by atoms with Crippen molar-refractivity contribution >= 4 is 16.8 Å². The van der Waals surface area contributed by atoms with Gasteiger partial charge in [0.2, 0.25) is 5.91 Å². The Labute approximate surface area is 140 Å². The molecule has 2 aromatic carbocycles. The van der Waals surface area contributed by atoms with Crippen LogP contribution < -0.4 is 5.56 Å². The first kappa shape index (κ1) is 15.9. The molecule has 0 N–H and O–H groups in total. The van der Waals surface area contributed by atoms with E-state index in [2.05, 4.69) is 4.98 Å². The van der Waals surface area contributed by atoms with Crippen molar-refractivity contribution in [3.8, 4) is 0 Å². The van der Waals surface area contributed by atoms with Crippen LogP contribution in [0.3, 0.4) is 0 Å². The van der Waals surface area contributed by atoms with Gasteiger partial charge in [-0.15, -0.1) is 0 Å². The van der Waals surface area contributed by atoms with Gasteiger partial charge in [0.05, 0.1) is 17.2 Å². The number of carbonyl (C=O) groups excluding carboxylic acids is 1. The largest absolute Gasteiger partial charge is 0.340 e. The minimum absolute atomic E-state index is 0.0148. The van der Waals surface area contributed by atoms with Gasteiger partial charge in [-0.1, -0.05) is 42.5 Å². The Morgan fingerprint density at radius 1 is 1.12 bits per heavy atom. The molecule has 0 aliphatic heterocycles. The number of aromatic nitrogens is 2. The highest BCUT2D eigenvalue weighted by molar-refractivity contribution is 5.81. The maximum absolute atomic E-state index is 12.5. The minimum Gasteiger partial charge on any atom is -0.340 e. The van der Waals surface area contributed by atoms with Crippen molar-refractivity contribution < 1.29 is 4.79 Å². The van der Waals surface area contributed by atoms with Gasteiger partial charge >= 0.3 is 0 Å². The summed E-state index contributed by atoms with van der Waals surface area (Å²) < 4.78 is 1.37. The van der Waals surface area contributed by atoms with Gasteiger partial charge < -0.3 is 4.90 Å². The van der Waals surface area contributed by atoms with E-state index in [0.29, 0.717) is 17.4 Å². The number of hydrogen-bond acceptors (Lipinski definition) is 3. The number of hydrogen-bond donors (Lipinski definition) is 0. The minimum atomic E-state index is -0.190. The molecular formula is C19H19N3O2. The van der Waals surface area contributed by atoms with Gasteiger partial charge in [0.15, 0.2) is 0 Å². The van der Waals surface area contributed by atoms with E-state index in [9.17, 15) is 9.59 Å². The standard InChI is InChI=1S/C19H19N3O2/c1-14-7-6-10-16-18(14)20-13-22(19(16)24)12-17(23)21(2)11-15-8-4-3-5-9-15/h3-10,13H,11-12H2,1-2H3. The van der Waals surface area contributed by atoms with Crippen LogP contribution in [-0.4, -0.2) is 27.4 Å². The number of para-hydroxylation sites is 1. The lowest BCUT2D eigenvalue weighted by molar-refractivity contribution is -0.131. The molecule has 3 aromatic rings. The highest BCUT2D eigenvalue weighted by Crippen LogP contribution is 2.11. The smallest absolute Gasteiger partial charge is 0.261 e. The van der Waals surface area contributed by atoms with Crippen LogP contribution in [0.2, 0.25) is 0 Å². The van der Waals surface area contributed by atoms with Crippen LogP contribution in [0.5, 0.6) is 0 Å². The third-order valence-electron chi connectivity index (χ3n) is 4.05. The third kappa shape index (κ3) is 3.20. The monoisotopic (exact) mass is 321 g/mol. The summed E-state index contributed by atoms with van der Waals surface area (Å²) in [6, 6.07) is 15.2. The molecule has 0 aliphatic carbocycles. The molecule has 122 valence electrons. The maximum Gasteiger partial charge on any atom is 0.261 e. The summed E-state index contributed by atoms with van der Waals surface area (Å²) in [5.41, 5.74) is 2.49. The van der Waals surface area contributed by atoms with Crippen molar-refractivity contribution in [1.29, 1.82) is 0 Å². The molecule has 0 saturated heterocycles. The second-order valence-electron chi connectivity index (χ2n) is 5.88. The number of aryl methyl sites for hydroxylation is 1. The van der Waals surface area contributed by atoms with Crippen LogP contribution in [0.1, 0.15) is 11.1 Å². The lowest BCUT2D eigenvalue weighted by atomic mass is 10.1. The van der Waals surface area contributed by atoms with E-state index >= 15 is 0 Å². The second kappa shape index (κ2) is 6.66. The van der Waals surface area contributed by atoms with Crippen LogP contribution in [-0.2, 0) is 17.9 Å². The van der Waals surface area contributed by atoms with Crippen molar-refractivity contribution in [2.24, 2.45) is 0 Å². The number of benzene rings is 2. The number of likely N-dealkylation sites (N-methyl/N-ethyl adjacent to an activating group) is 1. The van der Waals surface area contributed by atoms with Crippen LogP contribution >= 0.6 is 0 Å². The number of amides is 1. The Morgan fingerprint density at radius 3 is 2.62 bits per heavy atom. The van der Waals surface area contributed by atoms with Gasteiger partial charge in [-0.2, -0.15) is 0 Å². The summed E-state index contributed by atoms with van der Waals surface area (Å²) in [6.07, 6.45) is 1.45. The van der Waals surface area contributed by atoms with Crippen LogP contribution in [0, 0.1) is 6.92 Å². The van der Waals surface area contributed by atoms with E-state index in [-0.39, 0.29) is 18.0 Å². The molecule has 0 unspecified atom stereocenters. The molecule has 24 heavy (non-hydrogen) atoms. The molecule has 0 spiro atoms. The average Bonchev–Trinajstić information content (AvgIpc) is 2.59. The molecule has 0 bridgehead atoms. The molecule has 0 aliphatic rings. The highest BCUT2D eigenvalue weighted by Gasteiger charge is 2.13. The zero-order valence-corrected chi connectivity index (χ0v) is 13.8. The Morgan fingerprint density at radius 2 is 1.88 bits per heavy atom. The van der Waals surface area contributed by atoms with E-state index in [4.69, 9.17) is 0 Å². The fourth-order valence-corrected chi connectivity index (χ4v) is 2.66. The van der Waals surface area contributed by atoms with Crippen LogP contribution in [0.15, 0.2) is 59.7 Å². The molecule has 0 fully saturated rings. The van der Waals surface area contributed by atoms with Crippen molar-refractivity contribution in [3.05, 3.63) is 76.3 Å².